The van der Waals surface area contributed by atoms with Crippen LogP contribution in [0.3, 0.4) is 0 Å². The molecule has 0 spiro atoms. The molecule has 0 fully saturated rings. The summed E-state index contributed by atoms with van der Waals surface area (Å²) in [6, 6.07) is 0. The number of alkyl halides is 3. The molecular formula is C6H5F3N2O2. The van der Waals surface area contributed by atoms with Gasteiger partial charge in [0, 0.05) is 6.42 Å². The standard InChI is InChI=1S/C6H5F3N2O2/c7-6(8,9)2-1-4-10-5(3-12)13-11-4/h3H,1-2H2. The van der Waals surface area contributed by atoms with Crippen LogP contribution in [-0.4, -0.2) is 22.6 Å². The molecule has 0 aromatic carbocycles. The van der Waals surface area contributed by atoms with E-state index in [1.807, 2.05) is 0 Å². The second kappa shape index (κ2) is 3.55. The second-order valence-corrected chi connectivity index (χ2v) is 2.28. The zero-order valence-electron chi connectivity index (χ0n) is 6.34. The first-order valence-electron chi connectivity index (χ1n) is 3.36. The molecule has 0 aliphatic rings. The maximum absolute atomic E-state index is 11.7. The molecule has 72 valence electrons. The molecule has 4 nitrogen and oxygen atoms in total. The molecular weight excluding hydrogens is 189 g/mol. The summed E-state index contributed by atoms with van der Waals surface area (Å²) in [5, 5.41) is 3.17. The van der Waals surface area contributed by atoms with Crippen molar-refractivity contribution in [2.75, 3.05) is 0 Å². The molecule has 7 heteroatoms. The lowest BCUT2D eigenvalue weighted by molar-refractivity contribution is -0.134. The highest BCUT2D eigenvalue weighted by molar-refractivity contribution is 5.66. The Morgan fingerprint density at radius 2 is 2.15 bits per heavy atom. The smallest absolute Gasteiger partial charge is 0.331 e. The summed E-state index contributed by atoms with van der Waals surface area (Å²) < 4.78 is 39.3. The largest absolute Gasteiger partial charge is 0.389 e. The third-order valence-corrected chi connectivity index (χ3v) is 1.22. The average Bonchev–Trinajstić information content (AvgIpc) is 2.47. The van der Waals surface area contributed by atoms with Gasteiger partial charge < -0.3 is 4.52 Å². The average molecular weight is 194 g/mol. The van der Waals surface area contributed by atoms with Crippen molar-refractivity contribution in [3.05, 3.63) is 11.7 Å². The number of hydrogen-bond donors (Lipinski definition) is 0. The minimum absolute atomic E-state index is 0.112. The van der Waals surface area contributed by atoms with Gasteiger partial charge in [0.15, 0.2) is 5.82 Å². The highest BCUT2D eigenvalue weighted by atomic mass is 19.4. The van der Waals surface area contributed by atoms with Gasteiger partial charge in [-0.3, -0.25) is 4.79 Å². The van der Waals surface area contributed by atoms with Crippen LogP contribution in [0.15, 0.2) is 4.52 Å². The third-order valence-electron chi connectivity index (χ3n) is 1.22. The van der Waals surface area contributed by atoms with E-state index in [2.05, 4.69) is 14.7 Å². The number of halogens is 3. The Hall–Kier alpha value is -1.40. The normalized spacial score (nSPS) is 11.6. The van der Waals surface area contributed by atoms with Crippen LogP contribution in [0, 0.1) is 0 Å². The molecule has 0 saturated carbocycles. The first-order valence-corrected chi connectivity index (χ1v) is 3.36. The fourth-order valence-corrected chi connectivity index (χ4v) is 0.670. The van der Waals surface area contributed by atoms with Gasteiger partial charge >= 0.3 is 6.18 Å². The van der Waals surface area contributed by atoms with Crippen LogP contribution in [0.5, 0.6) is 0 Å². The fraction of sp³-hybridized carbons (Fsp3) is 0.500. The van der Waals surface area contributed by atoms with Gasteiger partial charge in [-0.2, -0.15) is 18.2 Å². The number of aromatic nitrogens is 2. The molecule has 0 amide bonds. The van der Waals surface area contributed by atoms with Crippen molar-refractivity contribution >= 4 is 6.29 Å². The Labute approximate surface area is 70.7 Å². The first-order chi connectivity index (χ1) is 6.01. The predicted molar refractivity (Wildman–Crippen MR) is 34.1 cm³/mol. The van der Waals surface area contributed by atoms with Gasteiger partial charge in [-0.25, -0.2) is 0 Å². The lowest BCUT2D eigenvalue weighted by atomic mass is 10.3. The van der Waals surface area contributed by atoms with E-state index in [0.717, 1.165) is 0 Å². The van der Waals surface area contributed by atoms with Crippen molar-refractivity contribution in [2.45, 2.75) is 19.0 Å². The number of rotatable bonds is 3. The maximum atomic E-state index is 11.7. The van der Waals surface area contributed by atoms with Gasteiger partial charge in [0.1, 0.15) is 0 Å². The Bertz CT molecular complexity index is 294. The molecule has 13 heavy (non-hydrogen) atoms. The van der Waals surface area contributed by atoms with Crippen LogP contribution >= 0.6 is 0 Å². The maximum Gasteiger partial charge on any atom is 0.389 e. The van der Waals surface area contributed by atoms with Gasteiger partial charge in [-0.05, 0) is 0 Å². The van der Waals surface area contributed by atoms with Gasteiger partial charge in [0.05, 0.1) is 6.42 Å². The Balaban J connectivity index is 2.50. The Morgan fingerprint density at radius 3 is 2.62 bits per heavy atom. The molecule has 0 N–H and O–H groups in total. The number of carbonyl (C=O) groups is 1. The van der Waals surface area contributed by atoms with Crippen molar-refractivity contribution in [2.24, 2.45) is 0 Å². The summed E-state index contributed by atoms with van der Waals surface area (Å²) in [6.45, 7) is 0. The van der Waals surface area contributed by atoms with E-state index >= 15 is 0 Å². The van der Waals surface area contributed by atoms with Crippen molar-refractivity contribution < 1.29 is 22.5 Å². The van der Waals surface area contributed by atoms with Crippen LogP contribution in [0.1, 0.15) is 22.9 Å². The molecule has 0 unspecified atom stereocenters. The summed E-state index contributed by atoms with van der Waals surface area (Å²) in [4.78, 5) is 13.4. The fourth-order valence-electron chi connectivity index (χ4n) is 0.670. The van der Waals surface area contributed by atoms with Crippen molar-refractivity contribution in [1.82, 2.24) is 10.1 Å². The SMILES string of the molecule is O=Cc1nc(CCC(F)(F)F)no1. The van der Waals surface area contributed by atoms with Crippen LogP contribution in [-0.2, 0) is 6.42 Å². The molecule has 0 aliphatic carbocycles. The van der Waals surface area contributed by atoms with E-state index in [9.17, 15) is 18.0 Å². The molecule has 1 aromatic rings. The molecule has 0 aliphatic heterocycles. The van der Waals surface area contributed by atoms with Crippen molar-refractivity contribution in [1.29, 1.82) is 0 Å². The van der Waals surface area contributed by atoms with E-state index in [0.29, 0.717) is 0 Å². The Kier molecular flexibility index (Phi) is 2.64. The van der Waals surface area contributed by atoms with Gasteiger partial charge in [0.25, 0.3) is 5.89 Å². The number of hydrogen-bond acceptors (Lipinski definition) is 4. The zero-order valence-corrected chi connectivity index (χ0v) is 6.34. The summed E-state index contributed by atoms with van der Waals surface area (Å²) in [7, 11) is 0. The topological polar surface area (TPSA) is 56.0 Å². The van der Waals surface area contributed by atoms with E-state index in [1.165, 1.54) is 0 Å². The van der Waals surface area contributed by atoms with Gasteiger partial charge in [0.2, 0.25) is 6.29 Å². The zero-order chi connectivity index (χ0) is 9.90. The molecule has 1 heterocycles. The van der Waals surface area contributed by atoms with Gasteiger partial charge in [-0.1, -0.05) is 5.16 Å². The number of aryl methyl sites for hydroxylation is 1. The Morgan fingerprint density at radius 1 is 1.46 bits per heavy atom. The number of carbonyl (C=O) groups excluding carboxylic acids is 1. The predicted octanol–water partition coefficient (Wildman–Crippen LogP) is 1.38. The number of aldehydes is 1. The minimum atomic E-state index is -4.25. The number of nitrogens with zero attached hydrogens (tertiary/aromatic N) is 2. The van der Waals surface area contributed by atoms with Crippen LogP contribution in [0.4, 0.5) is 13.2 Å². The van der Waals surface area contributed by atoms with Crippen LogP contribution in [0.2, 0.25) is 0 Å². The lowest BCUT2D eigenvalue weighted by Gasteiger charge is -2.01. The second-order valence-electron chi connectivity index (χ2n) is 2.28. The van der Waals surface area contributed by atoms with Crippen LogP contribution < -0.4 is 0 Å². The summed E-state index contributed by atoms with van der Waals surface area (Å²) in [6.07, 6.45) is -5.36. The monoisotopic (exact) mass is 194 g/mol. The molecule has 1 aromatic heterocycles. The highest BCUT2D eigenvalue weighted by Crippen LogP contribution is 2.20. The van der Waals surface area contributed by atoms with E-state index in [4.69, 9.17) is 0 Å². The first kappa shape index (κ1) is 9.69. The van der Waals surface area contributed by atoms with Gasteiger partial charge in [-0.15, -0.1) is 0 Å². The molecule has 1 rings (SSSR count). The van der Waals surface area contributed by atoms with Crippen molar-refractivity contribution in [3.63, 3.8) is 0 Å². The lowest BCUT2D eigenvalue weighted by Crippen LogP contribution is -2.09. The van der Waals surface area contributed by atoms with E-state index < -0.39 is 12.6 Å². The summed E-state index contributed by atoms with van der Waals surface area (Å²) in [5.41, 5.74) is 0. The molecule has 0 atom stereocenters. The third kappa shape index (κ3) is 3.22. The van der Waals surface area contributed by atoms with E-state index in [-0.39, 0.29) is 24.4 Å². The summed E-state index contributed by atoms with van der Waals surface area (Å²) in [5.74, 6) is -0.420. The van der Waals surface area contributed by atoms with Crippen LogP contribution in [0.25, 0.3) is 0 Å². The van der Waals surface area contributed by atoms with Crippen molar-refractivity contribution in [3.8, 4) is 0 Å². The summed E-state index contributed by atoms with van der Waals surface area (Å²) >= 11 is 0. The quantitative estimate of drug-likeness (QED) is 0.682. The highest BCUT2D eigenvalue weighted by Gasteiger charge is 2.27. The molecule has 0 saturated heterocycles. The molecule has 0 bridgehead atoms. The van der Waals surface area contributed by atoms with E-state index in [1.54, 1.807) is 0 Å². The minimum Gasteiger partial charge on any atom is -0.331 e. The molecule has 0 radical (unpaired) electrons.